The summed E-state index contributed by atoms with van der Waals surface area (Å²) < 4.78 is 0. The van der Waals surface area contributed by atoms with Crippen LogP contribution in [0.2, 0.25) is 0 Å². The van der Waals surface area contributed by atoms with Crippen LogP contribution in [0, 0.1) is 17.2 Å². The van der Waals surface area contributed by atoms with Gasteiger partial charge in [-0.25, -0.2) is 4.79 Å². The molecule has 2 fully saturated rings. The van der Waals surface area contributed by atoms with Crippen molar-refractivity contribution >= 4 is 23.7 Å². The molecule has 2 aliphatic heterocycles. The molecule has 4 amide bonds. The number of imide groups is 1. The maximum Gasteiger partial charge on any atom is 0.331 e. The summed E-state index contributed by atoms with van der Waals surface area (Å²) in [6.45, 7) is 0.596. The van der Waals surface area contributed by atoms with Crippen molar-refractivity contribution in [2.75, 3.05) is 20.6 Å². The molecule has 2 atom stereocenters. The molecule has 8 nitrogen and oxygen atoms in total. The Balaban J connectivity index is 2.36. The van der Waals surface area contributed by atoms with E-state index in [2.05, 4.69) is 10.3 Å². The van der Waals surface area contributed by atoms with Gasteiger partial charge in [0.15, 0.2) is 5.92 Å². The van der Waals surface area contributed by atoms with Crippen LogP contribution in [0.15, 0.2) is 4.99 Å². The van der Waals surface area contributed by atoms with Gasteiger partial charge in [0.2, 0.25) is 5.91 Å². The smallest absolute Gasteiger partial charge is 0.331 e. The second-order valence-corrected chi connectivity index (χ2v) is 4.74. The summed E-state index contributed by atoms with van der Waals surface area (Å²) in [4.78, 5) is 41.7. The molecule has 0 aromatic carbocycles. The lowest BCUT2D eigenvalue weighted by atomic mass is 10.0. The molecule has 2 saturated heterocycles. The molecule has 106 valence electrons. The van der Waals surface area contributed by atoms with E-state index in [-0.39, 0.29) is 11.7 Å². The molecule has 2 rings (SSSR count). The SMILES string of the molecule is CN1C(=O)C(C#N)C(=NC2CCCNC2=O)N(C)C1=O. The predicted octanol–water partition coefficient (Wildman–Crippen LogP) is -0.673. The van der Waals surface area contributed by atoms with Gasteiger partial charge in [-0.15, -0.1) is 0 Å². The lowest BCUT2D eigenvalue weighted by Gasteiger charge is -2.33. The molecule has 20 heavy (non-hydrogen) atoms. The molecule has 0 radical (unpaired) electrons. The minimum atomic E-state index is -1.16. The molecule has 0 saturated carbocycles. The first-order valence-corrected chi connectivity index (χ1v) is 6.27. The Morgan fingerprint density at radius 1 is 1.30 bits per heavy atom. The van der Waals surface area contributed by atoms with E-state index in [4.69, 9.17) is 5.26 Å². The fraction of sp³-hybridized carbons (Fsp3) is 0.583. The zero-order valence-corrected chi connectivity index (χ0v) is 11.3. The highest BCUT2D eigenvalue weighted by Gasteiger charge is 2.41. The summed E-state index contributed by atoms with van der Waals surface area (Å²) in [5, 5.41) is 11.8. The van der Waals surface area contributed by atoms with Crippen LogP contribution in [0.25, 0.3) is 0 Å². The maximum atomic E-state index is 11.9. The number of piperidine rings is 1. The lowest BCUT2D eigenvalue weighted by molar-refractivity contribution is -0.129. The number of hydrogen-bond donors (Lipinski definition) is 1. The van der Waals surface area contributed by atoms with Crippen molar-refractivity contribution in [1.82, 2.24) is 15.1 Å². The van der Waals surface area contributed by atoms with Gasteiger partial charge in [-0.3, -0.25) is 24.4 Å². The Morgan fingerprint density at radius 3 is 2.60 bits per heavy atom. The van der Waals surface area contributed by atoms with Crippen LogP contribution >= 0.6 is 0 Å². The van der Waals surface area contributed by atoms with Crippen molar-refractivity contribution in [3.63, 3.8) is 0 Å². The zero-order valence-electron chi connectivity index (χ0n) is 11.3. The van der Waals surface area contributed by atoms with E-state index in [1.165, 1.54) is 14.1 Å². The van der Waals surface area contributed by atoms with Gasteiger partial charge in [-0.05, 0) is 12.8 Å². The van der Waals surface area contributed by atoms with Gasteiger partial charge in [0.05, 0.1) is 6.07 Å². The first-order valence-electron chi connectivity index (χ1n) is 6.27. The molecule has 0 aliphatic carbocycles. The molecule has 2 aliphatic rings. The first-order chi connectivity index (χ1) is 9.47. The Kier molecular flexibility index (Phi) is 3.70. The maximum absolute atomic E-state index is 11.9. The van der Waals surface area contributed by atoms with Crippen LogP contribution in [-0.2, 0) is 9.59 Å². The van der Waals surface area contributed by atoms with Crippen LogP contribution in [-0.4, -0.2) is 60.2 Å². The van der Waals surface area contributed by atoms with Gasteiger partial charge in [0.1, 0.15) is 11.9 Å². The second-order valence-electron chi connectivity index (χ2n) is 4.74. The largest absolute Gasteiger partial charge is 0.354 e. The molecule has 0 aromatic rings. The second kappa shape index (κ2) is 5.28. The molecule has 0 bridgehead atoms. The molecule has 2 unspecified atom stereocenters. The van der Waals surface area contributed by atoms with E-state index in [0.29, 0.717) is 13.0 Å². The minimum Gasteiger partial charge on any atom is -0.354 e. The highest BCUT2D eigenvalue weighted by Crippen LogP contribution is 2.18. The number of hydrogen-bond acceptors (Lipinski definition) is 5. The van der Waals surface area contributed by atoms with E-state index in [1.54, 1.807) is 0 Å². The number of amides is 4. The van der Waals surface area contributed by atoms with Crippen LogP contribution < -0.4 is 5.32 Å². The van der Waals surface area contributed by atoms with Gasteiger partial charge in [-0.2, -0.15) is 5.26 Å². The zero-order chi connectivity index (χ0) is 14.9. The number of nitriles is 1. The predicted molar refractivity (Wildman–Crippen MR) is 68.5 cm³/mol. The molecule has 2 heterocycles. The van der Waals surface area contributed by atoms with Crippen LogP contribution in [0.3, 0.4) is 0 Å². The number of aliphatic imine (C=N–C) groups is 1. The van der Waals surface area contributed by atoms with E-state index >= 15 is 0 Å². The van der Waals surface area contributed by atoms with Gasteiger partial charge >= 0.3 is 6.03 Å². The number of nitrogens with zero attached hydrogens (tertiary/aromatic N) is 4. The van der Waals surface area contributed by atoms with Crippen molar-refractivity contribution in [3.05, 3.63) is 0 Å². The third kappa shape index (κ3) is 2.22. The Labute approximate surface area is 116 Å². The standard InChI is InChI=1S/C12H15N5O3/c1-16-9(15-8-4-3-5-14-10(8)18)7(6-13)11(19)17(2)12(16)20/h7-8H,3-5H2,1-2H3,(H,14,18). The summed E-state index contributed by atoms with van der Waals surface area (Å²) in [5.41, 5.74) is 0. The van der Waals surface area contributed by atoms with Gasteiger partial charge in [0.25, 0.3) is 5.91 Å². The summed E-state index contributed by atoms with van der Waals surface area (Å²) in [7, 11) is 2.75. The van der Waals surface area contributed by atoms with Gasteiger partial charge in [-0.1, -0.05) is 0 Å². The third-order valence-electron chi connectivity index (χ3n) is 3.43. The molecule has 0 spiro atoms. The average Bonchev–Trinajstić information content (AvgIpc) is 2.45. The number of urea groups is 1. The quantitative estimate of drug-likeness (QED) is 0.685. The Hall–Kier alpha value is -2.43. The normalized spacial score (nSPS) is 29.4. The van der Waals surface area contributed by atoms with Crippen LogP contribution in [0.5, 0.6) is 0 Å². The Bertz CT molecular complexity index is 536. The number of carbonyl (C=O) groups excluding carboxylic acids is 3. The summed E-state index contributed by atoms with van der Waals surface area (Å²) >= 11 is 0. The average molecular weight is 277 g/mol. The van der Waals surface area contributed by atoms with E-state index in [1.807, 2.05) is 6.07 Å². The third-order valence-corrected chi connectivity index (χ3v) is 3.43. The summed E-state index contributed by atoms with van der Waals surface area (Å²) in [5.74, 6) is -1.97. The topological polar surface area (TPSA) is 106 Å². The van der Waals surface area contributed by atoms with Crippen molar-refractivity contribution < 1.29 is 14.4 Å². The Morgan fingerprint density at radius 2 is 2.00 bits per heavy atom. The molecule has 8 heteroatoms. The molecule has 0 aromatic heterocycles. The number of amidine groups is 1. The molecular weight excluding hydrogens is 262 g/mol. The minimum absolute atomic E-state index is 0.0441. The monoisotopic (exact) mass is 277 g/mol. The fourth-order valence-electron chi connectivity index (χ4n) is 2.23. The first kappa shape index (κ1) is 14.0. The van der Waals surface area contributed by atoms with Crippen LogP contribution in [0.4, 0.5) is 4.79 Å². The lowest BCUT2D eigenvalue weighted by Crippen LogP contribution is -2.57. The van der Waals surface area contributed by atoms with Crippen molar-refractivity contribution in [1.29, 1.82) is 5.26 Å². The molecular formula is C12H15N5O3. The van der Waals surface area contributed by atoms with Crippen molar-refractivity contribution in [2.45, 2.75) is 18.9 Å². The highest BCUT2D eigenvalue weighted by molar-refractivity contribution is 6.19. The van der Waals surface area contributed by atoms with Gasteiger partial charge in [0, 0.05) is 20.6 Å². The number of rotatable bonds is 1. The van der Waals surface area contributed by atoms with Crippen molar-refractivity contribution in [3.8, 4) is 6.07 Å². The van der Waals surface area contributed by atoms with Gasteiger partial charge < -0.3 is 5.32 Å². The molecule has 1 N–H and O–H groups in total. The number of nitrogens with one attached hydrogen (secondary N) is 1. The van der Waals surface area contributed by atoms with E-state index in [0.717, 1.165) is 16.2 Å². The summed E-state index contributed by atoms with van der Waals surface area (Å²) in [6, 6.07) is 0.631. The van der Waals surface area contributed by atoms with E-state index in [9.17, 15) is 14.4 Å². The number of carbonyl (C=O) groups is 3. The summed E-state index contributed by atoms with van der Waals surface area (Å²) in [6.07, 6.45) is 1.31. The van der Waals surface area contributed by atoms with Crippen molar-refractivity contribution in [2.24, 2.45) is 10.9 Å². The fourth-order valence-corrected chi connectivity index (χ4v) is 2.23. The van der Waals surface area contributed by atoms with Crippen LogP contribution in [0.1, 0.15) is 12.8 Å². The highest BCUT2D eigenvalue weighted by atomic mass is 16.2. The van der Waals surface area contributed by atoms with E-state index < -0.39 is 23.9 Å².